The third-order valence-electron chi connectivity index (χ3n) is 5.16. The second kappa shape index (κ2) is 8.53. The number of aryl methyl sites for hydroxylation is 2. The first-order chi connectivity index (χ1) is 14.8. The molecule has 7 heteroatoms. The number of halogens is 2. The van der Waals surface area contributed by atoms with E-state index in [4.69, 9.17) is 23.2 Å². The van der Waals surface area contributed by atoms with Crippen molar-refractivity contribution in [1.29, 1.82) is 0 Å². The van der Waals surface area contributed by atoms with Crippen molar-refractivity contribution in [1.82, 2.24) is 9.55 Å². The predicted octanol–water partition coefficient (Wildman–Crippen LogP) is 5.40. The summed E-state index contributed by atoms with van der Waals surface area (Å²) >= 11 is 12.5. The minimum absolute atomic E-state index is 0.0898. The zero-order valence-corrected chi connectivity index (χ0v) is 18.5. The van der Waals surface area contributed by atoms with Crippen molar-refractivity contribution in [2.75, 3.05) is 4.90 Å². The second-order valence-electron chi connectivity index (χ2n) is 7.33. The van der Waals surface area contributed by atoms with Crippen molar-refractivity contribution in [2.24, 2.45) is 7.05 Å². The largest absolute Gasteiger partial charge is 0.318 e. The number of pyridine rings is 2. The first-order valence-electron chi connectivity index (χ1n) is 9.61. The molecule has 0 aliphatic heterocycles. The van der Waals surface area contributed by atoms with Crippen molar-refractivity contribution < 1.29 is 4.79 Å². The number of aromatic nitrogens is 2. The molecule has 0 unspecified atom stereocenters. The number of hydrogen-bond acceptors (Lipinski definition) is 3. The van der Waals surface area contributed by atoms with E-state index in [0.717, 1.165) is 16.5 Å². The van der Waals surface area contributed by atoms with Crippen molar-refractivity contribution in [3.8, 4) is 0 Å². The Bertz CT molecular complexity index is 1340. The summed E-state index contributed by atoms with van der Waals surface area (Å²) in [6.45, 7) is 2.07. The van der Waals surface area contributed by atoms with E-state index < -0.39 is 0 Å². The molecular weight excluding hydrogens is 433 g/mol. The number of fused-ring (bicyclic) bond motifs is 1. The Hall–Kier alpha value is -3.15. The lowest BCUT2D eigenvalue weighted by Gasteiger charge is -2.25. The van der Waals surface area contributed by atoms with Gasteiger partial charge in [0, 0.05) is 52.3 Å². The van der Waals surface area contributed by atoms with E-state index in [9.17, 15) is 9.59 Å². The molecule has 0 aliphatic carbocycles. The number of carbonyl (C=O) groups is 1. The quantitative estimate of drug-likeness (QED) is 0.417. The zero-order chi connectivity index (χ0) is 22.1. The van der Waals surface area contributed by atoms with Crippen LogP contribution in [0.4, 0.5) is 5.69 Å². The molecule has 0 bridgehead atoms. The Morgan fingerprint density at radius 1 is 1.06 bits per heavy atom. The number of amides is 1. The molecule has 0 saturated heterocycles. The summed E-state index contributed by atoms with van der Waals surface area (Å²) < 4.78 is 1.53. The Labute approximate surface area is 189 Å². The van der Waals surface area contributed by atoms with Crippen LogP contribution in [-0.2, 0) is 13.6 Å². The van der Waals surface area contributed by atoms with E-state index in [1.165, 1.54) is 4.57 Å². The highest BCUT2D eigenvalue weighted by molar-refractivity contribution is 6.35. The van der Waals surface area contributed by atoms with Crippen LogP contribution in [-0.4, -0.2) is 15.5 Å². The van der Waals surface area contributed by atoms with Crippen LogP contribution >= 0.6 is 23.2 Å². The Balaban J connectivity index is 1.89. The van der Waals surface area contributed by atoms with Gasteiger partial charge in [0.15, 0.2) is 0 Å². The number of benzene rings is 2. The van der Waals surface area contributed by atoms with Gasteiger partial charge in [0.05, 0.1) is 6.54 Å². The van der Waals surface area contributed by atoms with Gasteiger partial charge in [0.2, 0.25) is 0 Å². The predicted molar refractivity (Wildman–Crippen MR) is 125 cm³/mol. The topological polar surface area (TPSA) is 55.2 Å². The lowest BCUT2D eigenvalue weighted by Crippen LogP contribution is -2.32. The van der Waals surface area contributed by atoms with Crippen LogP contribution in [0, 0.1) is 6.92 Å². The summed E-state index contributed by atoms with van der Waals surface area (Å²) in [5.41, 5.74) is 2.59. The molecule has 4 rings (SSSR count). The van der Waals surface area contributed by atoms with Gasteiger partial charge in [-0.25, -0.2) is 0 Å². The van der Waals surface area contributed by atoms with Crippen molar-refractivity contribution in [3.63, 3.8) is 0 Å². The maximum Gasteiger partial charge on any atom is 0.258 e. The van der Waals surface area contributed by atoms with Gasteiger partial charge in [0.25, 0.3) is 11.5 Å². The molecule has 0 fully saturated rings. The molecule has 0 atom stereocenters. The SMILES string of the molecule is Cc1cnccc1C(=O)N(Cc1cn(C)c(=O)c2ccccc12)c1cc(Cl)cc(Cl)c1. The van der Waals surface area contributed by atoms with E-state index in [2.05, 4.69) is 4.98 Å². The summed E-state index contributed by atoms with van der Waals surface area (Å²) in [6, 6.07) is 14.1. The molecule has 156 valence electrons. The van der Waals surface area contributed by atoms with Gasteiger partial charge in [-0.15, -0.1) is 0 Å². The molecule has 31 heavy (non-hydrogen) atoms. The highest BCUT2D eigenvalue weighted by Crippen LogP contribution is 2.29. The number of nitrogens with zero attached hydrogens (tertiary/aromatic N) is 3. The molecule has 0 N–H and O–H groups in total. The fraction of sp³-hybridized carbons (Fsp3) is 0.125. The molecule has 2 heterocycles. The molecule has 0 spiro atoms. The number of carbonyl (C=O) groups excluding carboxylic acids is 1. The normalized spacial score (nSPS) is 11.0. The van der Waals surface area contributed by atoms with Gasteiger partial charge in [0.1, 0.15) is 0 Å². The number of rotatable bonds is 4. The van der Waals surface area contributed by atoms with Gasteiger partial charge in [-0.05, 0) is 53.8 Å². The van der Waals surface area contributed by atoms with Gasteiger partial charge in [-0.1, -0.05) is 41.4 Å². The second-order valence-corrected chi connectivity index (χ2v) is 8.20. The molecular formula is C24H19Cl2N3O2. The average molecular weight is 452 g/mol. The number of anilines is 1. The lowest BCUT2D eigenvalue weighted by atomic mass is 10.1. The van der Waals surface area contributed by atoms with Gasteiger partial charge in [-0.3, -0.25) is 14.6 Å². The number of hydrogen-bond donors (Lipinski definition) is 0. The van der Waals surface area contributed by atoms with Crippen molar-refractivity contribution >= 4 is 45.6 Å². The highest BCUT2D eigenvalue weighted by atomic mass is 35.5. The highest BCUT2D eigenvalue weighted by Gasteiger charge is 2.22. The van der Waals surface area contributed by atoms with E-state index in [-0.39, 0.29) is 18.0 Å². The van der Waals surface area contributed by atoms with Gasteiger partial charge < -0.3 is 9.47 Å². The van der Waals surface area contributed by atoms with Crippen LogP contribution in [0.25, 0.3) is 10.8 Å². The molecule has 0 saturated carbocycles. The van der Waals surface area contributed by atoms with Crippen LogP contribution < -0.4 is 10.5 Å². The fourth-order valence-corrected chi connectivity index (χ4v) is 4.15. The van der Waals surface area contributed by atoms with Crippen LogP contribution in [0.2, 0.25) is 10.0 Å². The minimum Gasteiger partial charge on any atom is -0.318 e. The van der Waals surface area contributed by atoms with Crippen molar-refractivity contribution in [3.05, 3.63) is 104 Å². The standard InChI is InChI=1S/C24H19Cl2N3O2/c1-15-12-27-8-7-20(15)24(31)29(19-10-17(25)9-18(26)11-19)14-16-13-28(2)23(30)22-6-4-3-5-21(16)22/h3-13H,14H2,1-2H3. The van der Waals surface area contributed by atoms with E-state index in [0.29, 0.717) is 26.7 Å². The smallest absolute Gasteiger partial charge is 0.258 e. The fourth-order valence-electron chi connectivity index (χ4n) is 3.63. The van der Waals surface area contributed by atoms with Gasteiger partial charge in [-0.2, -0.15) is 0 Å². The summed E-state index contributed by atoms with van der Waals surface area (Å²) in [5.74, 6) is -0.212. The molecule has 5 nitrogen and oxygen atoms in total. The molecule has 2 aromatic carbocycles. The first kappa shape index (κ1) is 21.1. The van der Waals surface area contributed by atoms with Crippen LogP contribution in [0.1, 0.15) is 21.5 Å². The van der Waals surface area contributed by atoms with Crippen molar-refractivity contribution in [2.45, 2.75) is 13.5 Å². The summed E-state index contributed by atoms with van der Waals surface area (Å²) in [6.07, 6.45) is 5.00. The summed E-state index contributed by atoms with van der Waals surface area (Å²) in [5, 5.41) is 2.25. The molecule has 0 radical (unpaired) electrons. The third kappa shape index (κ3) is 4.20. The average Bonchev–Trinajstić information content (AvgIpc) is 2.74. The zero-order valence-electron chi connectivity index (χ0n) is 17.0. The molecule has 0 aliphatic rings. The van der Waals surface area contributed by atoms with Crippen LogP contribution in [0.3, 0.4) is 0 Å². The monoisotopic (exact) mass is 451 g/mol. The Morgan fingerprint density at radius 3 is 2.42 bits per heavy atom. The molecule has 2 aromatic heterocycles. The minimum atomic E-state index is -0.212. The van der Waals surface area contributed by atoms with Gasteiger partial charge >= 0.3 is 0 Å². The Kier molecular flexibility index (Phi) is 5.81. The molecule has 1 amide bonds. The third-order valence-corrected chi connectivity index (χ3v) is 5.59. The van der Waals surface area contributed by atoms with E-state index in [1.54, 1.807) is 60.9 Å². The Morgan fingerprint density at radius 2 is 1.74 bits per heavy atom. The van der Waals surface area contributed by atoms with E-state index >= 15 is 0 Å². The lowest BCUT2D eigenvalue weighted by molar-refractivity contribution is 0.0984. The maximum absolute atomic E-state index is 13.6. The maximum atomic E-state index is 13.6. The van der Waals surface area contributed by atoms with Crippen LogP contribution in [0.15, 0.2) is 71.9 Å². The summed E-state index contributed by atoms with van der Waals surface area (Å²) in [7, 11) is 1.70. The molecule has 4 aromatic rings. The summed E-state index contributed by atoms with van der Waals surface area (Å²) in [4.78, 5) is 31.9. The van der Waals surface area contributed by atoms with Crippen LogP contribution in [0.5, 0.6) is 0 Å². The van der Waals surface area contributed by atoms with E-state index in [1.807, 2.05) is 25.1 Å². The first-order valence-corrected chi connectivity index (χ1v) is 10.4.